The summed E-state index contributed by atoms with van der Waals surface area (Å²) in [6, 6.07) is 13.0. The van der Waals surface area contributed by atoms with Gasteiger partial charge in [-0.25, -0.2) is 22.7 Å². The number of hydrogen-bond donors (Lipinski definition) is 2. The number of esters is 1. The monoisotopic (exact) mass is 376 g/mol. The molecule has 138 valence electrons. The first-order chi connectivity index (χ1) is 12.3. The summed E-state index contributed by atoms with van der Waals surface area (Å²) in [6.07, 6.45) is 0.172. The number of carbonyl (C=O) groups excluding carboxylic acids is 2. The number of urea groups is 1. The van der Waals surface area contributed by atoms with Crippen molar-refractivity contribution in [1.82, 2.24) is 10.0 Å². The second-order valence-corrected chi connectivity index (χ2v) is 7.34. The Kier molecular flexibility index (Phi) is 6.35. The van der Waals surface area contributed by atoms with E-state index in [4.69, 9.17) is 0 Å². The molecular formula is C18H20N2O5S. The van der Waals surface area contributed by atoms with Crippen molar-refractivity contribution in [3.05, 3.63) is 65.7 Å². The molecule has 2 aromatic rings. The van der Waals surface area contributed by atoms with E-state index in [1.54, 1.807) is 36.4 Å². The summed E-state index contributed by atoms with van der Waals surface area (Å²) in [5, 5.41) is 2.35. The topological polar surface area (TPSA) is 102 Å². The molecule has 26 heavy (non-hydrogen) atoms. The number of benzene rings is 2. The average Bonchev–Trinajstić information content (AvgIpc) is 2.61. The molecule has 1 atom stereocenters. The van der Waals surface area contributed by atoms with Crippen molar-refractivity contribution in [2.24, 2.45) is 0 Å². The maximum absolute atomic E-state index is 12.2. The maximum Gasteiger partial charge on any atom is 0.329 e. The summed E-state index contributed by atoms with van der Waals surface area (Å²) in [5.74, 6) is -0.670. The predicted molar refractivity (Wildman–Crippen MR) is 96.0 cm³/mol. The molecule has 0 aromatic heterocycles. The second kappa shape index (κ2) is 8.48. The van der Waals surface area contributed by atoms with E-state index in [2.05, 4.69) is 10.1 Å². The zero-order valence-corrected chi connectivity index (χ0v) is 15.2. The van der Waals surface area contributed by atoms with Crippen LogP contribution in [0.3, 0.4) is 0 Å². The van der Waals surface area contributed by atoms with E-state index in [0.717, 1.165) is 11.1 Å². The molecule has 0 fully saturated rings. The fourth-order valence-electron chi connectivity index (χ4n) is 2.27. The normalized spacial score (nSPS) is 12.1. The molecule has 2 aromatic carbocycles. The molecule has 2 rings (SSSR count). The van der Waals surface area contributed by atoms with E-state index >= 15 is 0 Å². The number of ether oxygens (including phenoxy) is 1. The van der Waals surface area contributed by atoms with Crippen LogP contribution in [0.15, 0.2) is 59.5 Å². The van der Waals surface area contributed by atoms with Crippen molar-refractivity contribution in [2.45, 2.75) is 24.3 Å². The number of aryl methyl sites for hydroxylation is 1. The zero-order chi connectivity index (χ0) is 19.2. The fourth-order valence-corrected chi connectivity index (χ4v) is 3.19. The Morgan fingerprint density at radius 2 is 1.65 bits per heavy atom. The van der Waals surface area contributed by atoms with Crippen molar-refractivity contribution >= 4 is 22.0 Å². The highest BCUT2D eigenvalue weighted by Crippen LogP contribution is 2.10. The summed E-state index contributed by atoms with van der Waals surface area (Å²) in [7, 11) is -2.84. The first-order valence-corrected chi connectivity index (χ1v) is 9.32. The SMILES string of the molecule is COC(=O)C(Cc1ccccc1)NC(=O)NS(=O)(=O)c1ccc(C)cc1. The number of carbonyl (C=O) groups is 2. The fraction of sp³-hybridized carbons (Fsp3) is 0.222. The van der Waals surface area contributed by atoms with Gasteiger partial charge in [-0.05, 0) is 24.6 Å². The quantitative estimate of drug-likeness (QED) is 0.748. The highest BCUT2D eigenvalue weighted by molar-refractivity contribution is 7.90. The zero-order valence-electron chi connectivity index (χ0n) is 14.4. The molecule has 1 unspecified atom stereocenters. The first-order valence-electron chi connectivity index (χ1n) is 7.83. The van der Waals surface area contributed by atoms with Crippen molar-refractivity contribution in [3.8, 4) is 0 Å². The molecule has 0 heterocycles. The Morgan fingerprint density at radius 3 is 2.23 bits per heavy atom. The van der Waals surface area contributed by atoms with Crippen LogP contribution in [0.1, 0.15) is 11.1 Å². The van der Waals surface area contributed by atoms with Crippen LogP contribution in [-0.4, -0.2) is 33.6 Å². The minimum absolute atomic E-state index is 0.0454. The molecule has 0 aliphatic carbocycles. The van der Waals surface area contributed by atoms with Crippen LogP contribution in [-0.2, 0) is 26.0 Å². The Hall–Kier alpha value is -2.87. The van der Waals surface area contributed by atoms with Gasteiger partial charge in [-0.3, -0.25) is 0 Å². The van der Waals surface area contributed by atoms with E-state index in [9.17, 15) is 18.0 Å². The third-order valence-corrected chi connectivity index (χ3v) is 4.98. The number of hydrogen-bond acceptors (Lipinski definition) is 5. The van der Waals surface area contributed by atoms with Gasteiger partial charge in [0.2, 0.25) is 0 Å². The molecule has 0 bridgehead atoms. The largest absolute Gasteiger partial charge is 0.467 e. The summed E-state index contributed by atoms with van der Waals surface area (Å²) >= 11 is 0. The molecule has 8 heteroatoms. The van der Waals surface area contributed by atoms with Crippen molar-refractivity contribution < 1.29 is 22.7 Å². The van der Waals surface area contributed by atoms with Crippen molar-refractivity contribution in [2.75, 3.05) is 7.11 Å². The number of amides is 2. The molecule has 0 spiro atoms. The maximum atomic E-state index is 12.2. The minimum atomic E-state index is -4.04. The van der Waals surface area contributed by atoms with Gasteiger partial charge in [0.05, 0.1) is 12.0 Å². The van der Waals surface area contributed by atoms with Gasteiger partial charge in [-0.2, -0.15) is 0 Å². The molecule has 2 amide bonds. The van der Waals surface area contributed by atoms with Crippen molar-refractivity contribution in [1.29, 1.82) is 0 Å². The van der Waals surface area contributed by atoms with E-state index < -0.39 is 28.1 Å². The van der Waals surface area contributed by atoms with Gasteiger partial charge in [0.15, 0.2) is 0 Å². The third-order valence-electron chi connectivity index (χ3n) is 3.63. The van der Waals surface area contributed by atoms with Gasteiger partial charge in [0.1, 0.15) is 6.04 Å². The van der Waals surface area contributed by atoms with Crippen LogP contribution in [0.25, 0.3) is 0 Å². The highest BCUT2D eigenvalue weighted by atomic mass is 32.2. The summed E-state index contributed by atoms with van der Waals surface area (Å²) < 4.78 is 31.1. The van der Waals surface area contributed by atoms with Gasteiger partial charge < -0.3 is 10.1 Å². The lowest BCUT2D eigenvalue weighted by Crippen LogP contribution is -2.49. The Balaban J connectivity index is 2.09. The van der Waals surface area contributed by atoms with Crippen molar-refractivity contribution in [3.63, 3.8) is 0 Å². The molecule has 7 nitrogen and oxygen atoms in total. The highest BCUT2D eigenvalue weighted by Gasteiger charge is 2.25. The molecule has 0 radical (unpaired) electrons. The summed E-state index contributed by atoms with van der Waals surface area (Å²) in [6.45, 7) is 1.82. The first kappa shape index (κ1) is 19.5. The van der Waals surface area contributed by atoms with Crippen LogP contribution in [0, 0.1) is 6.92 Å². The second-order valence-electron chi connectivity index (χ2n) is 5.66. The van der Waals surface area contributed by atoms with Gasteiger partial charge in [-0.1, -0.05) is 48.0 Å². The minimum Gasteiger partial charge on any atom is -0.467 e. The molecule has 0 aliphatic rings. The molecule has 0 saturated heterocycles. The van der Waals surface area contributed by atoms with E-state index in [-0.39, 0.29) is 11.3 Å². The average molecular weight is 376 g/mol. The van der Waals surface area contributed by atoms with Crippen LogP contribution in [0.2, 0.25) is 0 Å². The van der Waals surface area contributed by atoms with E-state index in [0.29, 0.717) is 0 Å². The third kappa shape index (κ3) is 5.32. The van der Waals surface area contributed by atoms with Crippen LogP contribution in [0.5, 0.6) is 0 Å². The number of sulfonamides is 1. The van der Waals surface area contributed by atoms with Gasteiger partial charge in [-0.15, -0.1) is 0 Å². The van der Waals surface area contributed by atoms with Crippen LogP contribution >= 0.6 is 0 Å². The lowest BCUT2D eigenvalue weighted by atomic mass is 10.1. The van der Waals surface area contributed by atoms with Gasteiger partial charge in [0.25, 0.3) is 10.0 Å². The van der Waals surface area contributed by atoms with Gasteiger partial charge in [0, 0.05) is 6.42 Å². The molecule has 0 saturated carbocycles. The van der Waals surface area contributed by atoms with Gasteiger partial charge >= 0.3 is 12.0 Å². The van der Waals surface area contributed by atoms with E-state index in [1.807, 2.05) is 17.7 Å². The Labute approximate surface area is 152 Å². The standard InChI is InChI=1S/C18H20N2O5S/c1-13-8-10-15(11-9-13)26(23,24)20-18(22)19-16(17(21)25-2)12-14-6-4-3-5-7-14/h3-11,16H,12H2,1-2H3,(H2,19,20,22). The number of nitrogens with one attached hydrogen (secondary N) is 2. The lowest BCUT2D eigenvalue weighted by Gasteiger charge is -2.17. The number of methoxy groups -OCH3 is 1. The Bertz CT molecular complexity index is 864. The van der Waals surface area contributed by atoms with E-state index in [1.165, 1.54) is 19.2 Å². The predicted octanol–water partition coefficient (Wildman–Crippen LogP) is 1.77. The van der Waals surface area contributed by atoms with Crippen LogP contribution in [0.4, 0.5) is 4.79 Å². The Morgan fingerprint density at radius 1 is 1.04 bits per heavy atom. The smallest absolute Gasteiger partial charge is 0.329 e. The summed E-state index contributed by atoms with van der Waals surface area (Å²) in [5.41, 5.74) is 1.69. The lowest BCUT2D eigenvalue weighted by molar-refractivity contribution is -0.142. The molecular weight excluding hydrogens is 356 g/mol. The molecule has 2 N–H and O–H groups in total. The molecule has 0 aliphatic heterocycles. The van der Waals surface area contributed by atoms with Crippen LogP contribution < -0.4 is 10.0 Å². The number of rotatable bonds is 6. The summed E-state index contributed by atoms with van der Waals surface area (Å²) in [4.78, 5) is 24.0.